The largest absolute Gasteiger partial charge is 0.481 e. The smallest absolute Gasteiger partial charge is 0.218 e. The molecule has 1 fully saturated rings. The molecular weight excluding hydrogens is 264 g/mol. The van der Waals surface area contributed by atoms with E-state index in [4.69, 9.17) is 4.74 Å². The lowest BCUT2D eigenvalue weighted by molar-refractivity contribution is 0.396. The molecule has 5 nitrogen and oxygen atoms in total. The highest BCUT2D eigenvalue weighted by atomic mass is 16.5. The number of piperazine rings is 1. The van der Waals surface area contributed by atoms with Crippen molar-refractivity contribution < 1.29 is 4.74 Å². The van der Waals surface area contributed by atoms with E-state index in [1.807, 2.05) is 6.07 Å². The van der Waals surface area contributed by atoms with Gasteiger partial charge in [-0.3, -0.25) is 0 Å². The summed E-state index contributed by atoms with van der Waals surface area (Å²) in [6, 6.07) is 10.6. The van der Waals surface area contributed by atoms with E-state index in [1.165, 1.54) is 11.3 Å². The first-order chi connectivity index (χ1) is 10.3. The predicted molar refractivity (Wildman–Crippen MR) is 84.2 cm³/mol. The molecule has 0 saturated carbocycles. The van der Waals surface area contributed by atoms with Crippen LogP contribution in [0.15, 0.2) is 36.7 Å². The van der Waals surface area contributed by atoms with Crippen LogP contribution in [0.2, 0.25) is 0 Å². The number of hydrogen-bond donors (Lipinski definition) is 0. The molecule has 1 saturated heterocycles. The molecule has 3 rings (SSSR count). The van der Waals surface area contributed by atoms with E-state index in [2.05, 4.69) is 51.0 Å². The topological polar surface area (TPSA) is 41.5 Å². The molecule has 1 aliphatic heterocycles. The second-order valence-corrected chi connectivity index (χ2v) is 5.23. The summed E-state index contributed by atoms with van der Waals surface area (Å²) in [4.78, 5) is 13.1. The van der Waals surface area contributed by atoms with Gasteiger partial charge in [-0.15, -0.1) is 0 Å². The Kier molecular flexibility index (Phi) is 3.90. The summed E-state index contributed by atoms with van der Waals surface area (Å²) in [6.45, 7) is 6.03. The Balaban J connectivity index is 1.67. The average Bonchev–Trinajstić information content (AvgIpc) is 2.55. The third kappa shape index (κ3) is 3.07. The van der Waals surface area contributed by atoms with Gasteiger partial charge in [0.1, 0.15) is 12.1 Å². The molecule has 2 aromatic rings. The number of ether oxygens (including phenoxy) is 1. The zero-order valence-corrected chi connectivity index (χ0v) is 12.5. The molecular formula is C16H20N4O. The maximum absolute atomic E-state index is 5.16. The lowest BCUT2D eigenvalue weighted by Gasteiger charge is -2.36. The minimum atomic E-state index is 0.612. The molecule has 0 radical (unpaired) electrons. The van der Waals surface area contributed by atoms with Gasteiger partial charge in [-0.2, -0.15) is 0 Å². The molecule has 1 aromatic carbocycles. The van der Waals surface area contributed by atoms with Crippen LogP contribution in [0.4, 0.5) is 11.5 Å². The maximum Gasteiger partial charge on any atom is 0.218 e. The van der Waals surface area contributed by atoms with Crippen molar-refractivity contribution in [2.24, 2.45) is 0 Å². The van der Waals surface area contributed by atoms with Crippen LogP contribution in [0.1, 0.15) is 5.56 Å². The molecule has 2 heterocycles. The zero-order valence-electron chi connectivity index (χ0n) is 12.5. The summed E-state index contributed by atoms with van der Waals surface area (Å²) in [5.74, 6) is 1.55. The average molecular weight is 284 g/mol. The van der Waals surface area contributed by atoms with Gasteiger partial charge >= 0.3 is 0 Å². The normalized spacial score (nSPS) is 15.1. The van der Waals surface area contributed by atoms with E-state index in [0.29, 0.717) is 5.88 Å². The molecule has 5 heteroatoms. The number of nitrogens with zero attached hydrogens (tertiary/aromatic N) is 4. The van der Waals surface area contributed by atoms with Crippen molar-refractivity contribution in [2.45, 2.75) is 6.92 Å². The number of methoxy groups -OCH3 is 1. The highest BCUT2D eigenvalue weighted by molar-refractivity contribution is 5.51. The van der Waals surface area contributed by atoms with Gasteiger partial charge in [0.2, 0.25) is 5.88 Å². The van der Waals surface area contributed by atoms with Crippen molar-refractivity contribution in [3.63, 3.8) is 0 Å². The van der Waals surface area contributed by atoms with E-state index in [0.717, 1.165) is 32.0 Å². The second-order valence-electron chi connectivity index (χ2n) is 5.23. The van der Waals surface area contributed by atoms with Crippen LogP contribution in [0.25, 0.3) is 0 Å². The van der Waals surface area contributed by atoms with Gasteiger partial charge in [-0.1, -0.05) is 12.1 Å². The van der Waals surface area contributed by atoms with Crippen LogP contribution >= 0.6 is 0 Å². The van der Waals surface area contributed by atoms with E-state index in [1.54, 1.807) is 13.4 Å². The quantitative estimate of drug-likeness (QED) is 0.863. The van der Waals surface area contributed by atoms with Gasteiger partial charge in [0, 0.05) is 37.9 Å². The first kappa shape index (κ1) is 13.7. The van der Waals surface area contributed by atoms with Crippen LogP contribution in [0, 0.1) is 6.92 Å². The van der Waals surface area contributed by atoms with Crippen LogP contribution in [-0.2, 0) is 0 Å². The molecule has 21 heavy (non-hydrogen) atoms. The van der Waals surface area contributed by atoms with E-state index in [-0.39, 0.29) is 0 Å². The monoisotopic (exact) mass is 284 g/mol. The molecule has 0 unspecified atom stereocenters. The van der Waals surface area contributed by atoms with Crippen molar-refractivity contribution in [2.75, 3.05) is 43.1 Å². The van der Waals surface area contributed by atoms with Crippen LogP contribution < -0.4 is 14.5 Å². The van der Waals surface area contributed by atoms with Crippen LogP contribution in [-0.4, -0.2) is 43.3 Å². The lowest BCUT2D eigenvalue weighted by atomic mass is 10.2. The molecule has 0 aliphatic carbocycles. The highest BCUT2D eigenvalue weighted by Crippen LogP contribution is 2.21. The van der Waals surface area contributed by atoms with E-state index in [9.17, 15) is 0 Å². The molecule has 1 aliphatic rings. The molecule has 110 valence electrons. The number of hydrogen-bond acceptors (Lipinski definition) is 5. The van der Waals surface area contributed by atoms with Gasteiger partial charge in [0.25, 0.3) is 0 Å². The summed E-state index contributed by atoms with van der Waals surface area (Å²) in [5, 5.41) is 0. The number of benzene rings is 1. The fraction of sp³-hybridized carbons (Fsp3) is 0.375. The SMILES string of the molecule is COc1cc(N2CCN(c3cccc(C)c3)CC2)ncn1. The molecule has 0 spiro atoms. The summed E-state index contributed by atoms with van der Waals surface area (Å²) < 4.78 is 5.16. The lowest BCUT2D eigenvalue weighted by Crippen LogP contribution is -2.46. The Morgan fingerprint density at radius 2 is 1.76 bits per heavy atom. The minimum absolute atomic E-state index is 0.612. The third-order valence-corrected chi connectivity index (χ3v) is 3.81. The Hall–Kier alpha value is -2.30. The summed E-state index contributed by atoms with van der Waals surface area (Å²) >= 11 is 0. The Labute approximate surface area is 125 Å². The van der Waals surface area contributed by atoms with Crippen molar-refractivity contribution in [1.82, 2.24) is 9.97 Å². The van der Waals surface area contributed by atoms with E-state index >= 15 is 0 Å². The number of rotatable bonds is 3. The van der Waals surface area contributed by atoms with Gasteiger partial charge in [0.05, 0.1) is 7.11 Å². The fourth-order valence-electron chi connectivity index (χ4n) is 2.63. The Morgan fingerprint density at radius 1 is 1.00 bits per heavy atom. The highest BCUT2D eigenvalue weighted by Gasteiger charge is 2.18. The molecule has 0 amide bonds. The zero-order chi connectivity index (χ0) is 14.7. The van der Waals surface area contributed by atoms with Crippen molar-refractivity contribution >= 4 is 11.5 Å². The van der Waals surface area contributed by atoms with Crippen molar-refractivity contribution in [3.05, 3.63) is 42.2 Å². The number of aryl methyl sites for hydroxylation is 1. The third-order valence-electron chi connectivity index (χ3n) is 3.81. The van der Waals surface area contributed by atoms with E-state index < -0.39 is 0 Å². The predicted octanol–water partition coefficient (Wildman–Crippen LogP) is 2.12. The summed E-state index contributed by atoms with van der Waals surface area (Å²) in [7, 11) is 1.63. The number of anilines is 2. The van der Waals surface area contributed by atoms with Gasteiger partial charge in [0.15, 0.2) is 0 Å². The summed E-state index contributed by atoms with van der Waals surface area (Å²) in [5.41, 5.74) is 2.60. The van der Waals surface area contributed by atoms with Gasteiger partial charge in [-0.25, -0.2) is 9.97 Å². The fourth-order valence-corrected chi connectivity index (χ4v) is 2.63. The Bertz CT molecular complexity index is 609. The van der Waals surface area contributed by atoms with Crippen molar-refractivity contribution in [3.8, 4) is 5.88 Å². The molecule has 1 aromatic heterocycles. The van der Waals surface area contributed by atoms with Crippen LogP contribution in [0.3, 0.4) is 0 Å². The maximum atomic E-state index is 5.16. The second kappa shape index (κ2) is 5.99. The minimum Gasteiger partial charge on any atom is -0.481 e. The first-order valence-electron chi connectivity index (χ1n) is 7.19. The first-order valence-corrected chi connectivity index (χ1v) is 7.19. The van der Waals surface area contributed by atoms with Gasteiger partial charge < -0.3 is 14.5 Å². The van der Waals surface area contributed by atoms with Crippen molar-refractivity contribution in [1.29, 1.82) is 0 Å². The van der Waals surface area contributed by atoms with Gasteiger partial charge in [-0.05, 0) is 24.6 Å². The number of aromatic nitrogens is 2. The molecule has 0 bridgehead atoms. The standard InChI is InChI=1S/C16H20N4O/c1-13-4-3-5-14(10-13)19-6-8-20(9-7-19)15-11-16(21-2)18-12-17-15/h3-5,10-12H,6-9H2,1-2H3. The molecule has 0 N–H and O–H groups in total. The Morgan fingerprint density at radius 3 is 2.48 bits per heavy atom. The molecule has 0 atom stereocenters. The summed E-state index contributed by atoms with van der Waals surface area (Å²) in [6.07, 6.45) is 1.56. The van der Waals surface area contributed by atoms with Crippen LogP contribution in [0.5, 0.6) is 5.88 Å².